The first-order chi connectivity index (χ1) is 7.11. The van der Waals surface area contributed by atoms with Gasteiger partial charge in [0.15, 0.2) is 0 Å². The van der Waals surface area contributed by atoms with Gasteiger partial charge in [-0.3, -0.25) is 5.41 Å². The first kappa shape index (κ1) is 11.5. The van der Waals surface area contributed by atoms with E-state index in [1.54, 1.807) is 6.20 Å². The predicted octanol–water partition coefficient (Wildman–Crippen LogP) is 1.62. The lowest BCUT2D eigenvalue weighted by atomic mass is 10.2. The van der Waals surface area contributed by atoms with Gasteiger partial charge in [0.05, 0.1) is 5.84 Å². The van der Waals surface area contributed by atoms with Crippen molar-refractivity contribution in [3.05, 3.63) is 24.4 Å². The summed E-state index contributed by atoms with van der Waals surface area (Å²) < 4.78 is 0. The molecule has 4 heteroatoms. The monoisotopic (exact) mass is 206 g/mol. The van der Waals surface area contributed by atoms with Gasteiger partial charge in [-0.2, -0.15) is 0 Å². The van der Waals surface area contributed by atoms with Gasteiger partial charge in [-0.15, -0.1) is 0 Å². The third-order valence-electron chi connectivity index (χ3n) is 2.19. The lowest BCUT2D eigenvalue weighted by Crippen LogP contribution is -2.34. The number of nitrogens with one attached hydrogen (secondary N) is 1. The molecule has 0 bridgehead atoms. The van der Waals surface area contributed by atoms with E-state index in [0.717, 1.165) is 12.4 Å². The van der Waals surface area contributed by atoms with Crippen LogP contribution >= 0.6 is 0 Å². The van der Waals surface area contributed by atoms with Crippen LogP contribution in [0.2, 0.25) is 0 Å². The summed E-state index contributed by atoms with van der Waals surface area (Å²) in [7, 11) is 0. The van der Waals surface area contributed by atoms with Gasteiger partial charge in [0.2, 0.25) is 0 Å². The zero-order valence-corrected chi connectivity index (χ0v) is 9.27. The molecule has 0 radical (unpaired) electrons. The van der Waals surface area contributed by atoms with Crippen LogP contribution in [0.1, 0.15) is 20.3 Å². The molecule has 1 heterocycles. The van der Waals surface area contributed by atoms with Crippen molar-refractivity contribution in [3.8, 4) is 0 Å². The Kier molecular flexibility index (Phi) is 4.09. The highest BCUT2D eigenvalue weighted by molar-refractivity contribution is 5.77. The van der Waals surface area contributed by atoms with E-state index in [4.69, 9.17) is 11.1 Å². The molecule has 1 rings (SSSR count). The maximum absolute atomic E-state index is 7.22. The summed E-state index contributed by atoms with van der Waals surface area (Å²) in [5, 5.41) is 7.22. The van der Waals surface area contributed by atoms with Crippen LogP contribution in [0.3, 0.4) is 0 Å². The van der Waals surface area contributed by atoms with Crippen molar-refractivity contribution in [1.82, 2.24) is 4.98 Å². The number of hydrogen-bond acceptors (Lipinski definition) is 3. The van der Waals surface area contributed by atoms with E-state index in [1.165, 1.54) is 0 Å². The molecule has 0 saturated carbocycles. The molecule has 0 aromatic carbocycles. The van der Waals surface area contributed by atoms with Gasteiger partial charge >= 0.3 is 0 Å². The van der Waals surface area contributed by atoms with Crippen LogP contribution in [-0.4, -0.2) is 23.4 Å². The molecular weight excluding hydrogens is 188 g/mol. The van der Waals surface area contributed by atoms with Gasteiger partial charge in [-0.1, -0.05) is 6.07 Å². The fourth-order valence-electron chi connectivity index (χ4n) is 1.40. The number of anilines is 1. The quantitative estimate of drug-likeness (QED) is 0.568. The van der Waals surface area contributed by atoms with Crippen LogP contribution in [0, 0.1) is 5.41 Å². The highest BCUT2D eigenvalue weighted by Crippen LogP contribution is 2.13. The van der Waals surface area contributed by atoms with Gasteiger partial charge < -0.3 is 10.6 Å². The molecule has 0 saturated heterocycles. The molecule has 0 aliphatic heterocycles. The minimum absolute atomic E-state index is 0.219. The number of hydrogen-bond donors (Lipinski definition) is 2. The van der Waals surface area contributed by atoms with Crippen molar-refractivity contribution in [1.29, 1.82) is 5.41 Å². The molecule has 15 heavy (non-hydrogen) atoms. The zero-order valence-electron chi connectivity index (χ0n) is 9.27. The molecule has 0 spiro atoms. The molecule has 0 aliphatic carbocycles. The Morgan fingerprint density at radius 1 is 1.53 bits per heavy atom. The number of rotatable bonds is 5. The van der Waals surface area contributed by atoms with Crippen LogP contribution in [0.25, 0.3) is 0 Å². The normalized spacial score (nSPS) is 10.3. The average Bonchev–Trinajstić information content (AvgIpc) is 2.18. The van der Waals surface area contributed by atoms with Crippen LogP contribution in [-0.2, 0) is 0 Å². The molecule has 3 N–H and O–H groups in total. The van der Waals surface area contributed by atoms with E-state index in [1.807, 2.05) is 18.2 Å². The molecule has 0 fully saturated rings. The van der Waals surface area contributed by atoms with Gasteiger partial charge in [0.25, 0.3) is 0 Å². The number of nitrogens with two attached hydrogens (primary N) is 1. The van der Waals surface area contributed by atoms with Crippen molar-refractivity contribution in [2.45, 2.75) is 26.3 Å². The standard InChI is InChI=1S/C11H18N4/c1-9(2)15(8-6-10(12)13)11-5-3-4-7-14-11/h3-5,7,9H,6,8H2,1-2H3,(H3,12,13). The smallest absolute Gasteiger partial charge is 0.128 e. The average molecular weight is 206 g/mol. The highest BCUT2D eigenvalue weighted by atomic mass is 15.2. The summed E-state index contributed by atoms with van der Waals surface area (Å²) >= 11 is 0. The number of pyridine rings is 1. The molecule has 1 aromatic rings. The first-order valence-corrected chi connectivity index (χ1v) is 5.12. The van der Waals surface area contributed by atoms with Crippen molar-refractivity contribution in [3.63, 3.8) is 0 Å². The summed E-state index contributed by atoms with van der Waals surface area (Å²) in [6.07, 6.45) is 2.35. The topological polar surface area (TPSA) is 66.0 Å². The summed E-state index contributed by atoms with van der Waals surface area (Å²) in [6.45, 7) is 4.95. The largest absolute Gasteiger partial charge is 0.388 e. The molecule has 1 aromatic heterocycles. The Morgan fingerprint density at radius 3 is 2.73 bits per heavy atom. The molecule has 0 aliphatic rings. The van der Waals surface area contributed by atoms with Crippen LogP contribution < -0.4 is 10.6 Å². The van der Waals surface area contributed by atoms with Crippen molar-refractivity contribution < 1.29 is 0 Å². The molecular formula is C11H18N4. The maximum atomic E-state index is 7.22. The first-order valence-electron chi connectivity index (χ1n) is 5.12. The third kappa shape index (κ3) is 3.58. The lowest BCUT2D eigenvalue weighted by molar-refractivity contribution is 0.679. The molecule has 0 atom stereocenters. The Labute approximate surface area is 90.6 Å². The van der Waals surface area contributed by atoms with E-state index in [-0.39, 0.29) is 5.84 Å². The fourth-order valence-corrected chi connectivity index (χ4v) is 1.40. The van der Waals surface area contributed by atoms with Crippen LogP contribution in [0.4, 0.5) is 5.82 Å². The SMILES string of the molecule is CC(C)N(CCC(=N)N)c1ccccn1. The number of aromatic nitrogens is 1. The number of amidine groups is 1. The lowest BCUT2D eigenvalue weighted by Gasteiger charge is -2.27. The molecule has 4 nitrogen and oxygen atoms in total. The van der Waals surface area contributed by atoms with Gasteiger partial charge in [0, 0.05) is 25.2 Å². The Balaban J connectivity index is 2.70. The summed E-state index contributed by atoms with van der Waals surface area (Å²) in [6, 6.07) is 6.19. The Morgan fingerprint density at radius 2 is 2.27 bits per heavy atom. The highest BCUT2D eigenvalue weighted by Gasteiger charge is 2.10. The summed E-state index contributed by atoms with van der Waals surface area (Å²) in [5.74, 6) is 1.16. The molecule has 0 amide bonds. The second kappa shape index (κ2) is 5.34. The molecule has 82 valence electrons. The van der Waals surface area contributed by atoms with Crippen molar-refractivity contribution in [2.24, 2.45) is 5.73 Å². The number of nitrogens with zero attached hydrogens (tertiary/aromatic N) is 2. The van der Waals surface area contributed by atoms with Crippen LogP contribution in [0.5, 0.6) is 0 Å². The Bertz CT molecular complexity index is 308. The predicted molar refractivity (Wildman–Crippen MR) is 63.3 cm³/mol. The van der Waals surface area contributed by atoms with E-state index in [0.29, 0.717) is 12.5 Å². The van der Waals surface area contributed by atoms with Crippen molar-refractivity contribution in [2.75, 3.05) is 11.4 Å². The van der Waals surface area contributed by atoms with Crippen molar-refractivity contribution >= 4 is 11.7 Å². The summed E-state index contributed by atoms with van der Waals surface area (Å²) in [5.41, 5.74) is 5.36. The van der Waals surface area contributed by atoms with E-state index in [9.17, 15) is 0 Å². The van der Waals surface area contributed by atoms with Crippen LogP contribution in [0.15, 0.2) is 24.4 Å². The fraction of sp³-hybridized carbons (Fsp3) is 0.455. The second-order valence-corrected chi connectivity index (χ2v) is 3.75. The van der Waals surface area contributed by atoms with E-state index in [2.05, 4.69) is 23.7 Å². The van der Waals surface area contributed by atoms with E-state index >= 15 is 0 Å². The summed E-state index contributed by atoms with van der Waals surface area (Å²) in [4.78, 5) is 6.43. The van der Waals surface area contributed by atoms with Gasteiger partial charge in [-0.05, 0) is 26.0 Å². The third-order valence-corrected chi connectivity index (χ3v) is 2.19. The second-order valence-electron chi connectivity index (χ2n) is 3.75. The van der Waals surface area contributed by atoms with Gasteiger partial charge in [0.1, 0.15) is 5.82 Å². The zero-order chi connectivity index (χ0) is 11.3. The maximum Gasteiger partial charge on any atom is 0.128 e. The van der Waals surface area contributed by atoms with Gasteiger partial charge in [-0.25, -0.2) is 4.98 Å². The minimum Gasteiger partial charge on any atom is -0.388 e. The van der Waals surface area contributed by atoms with E-state index < -0.39 is 0 Å². The molecule has 0 unspecified atom stereocenters. The Hall–Kier alpha value is -1.58. The minimum atomic E-state index is 0.219.